The summed E-state index contributed by atoms with van der Waals surface area (Å²) in [6.45, 7) is 0. The van der Waals surface area contributed by atoms with Crippen LogP contribution < -0.4 is 16.2 Å². The summed E-state index contributed by atoms with van der Waals surface area (Å²) in [5.74, 6) is -0.865. The zero-order chi connectivity index (χ0) is 19.4. The Hall–Kier alpha value is -3.33. The summed E-state index contributed by atoms with van der Waals surface area (Å²) in [6, 6.07) is 8.01. The van der Waals surface area contributed by atoms with E-state index >= 15 is 0 Å². The van der Waals surface area contributed by atoms with Crippen LogP contribution in [0.2, 0.25) is 0 Å². The van der Waals surface area contributed by atoms with Gasteiger partial charge in [-0.05, 0) is 29.8 Å². The van der Waals surface area contributed by atoms with E-state index in [-0.39, 0.29) is 29.4 Å². The predicted octanol–water partition coefficient (Wildman–Crippen LogP) is 2.33. The number of carbonyl (C=O) groups is 1. The van der Waals surface area contributed by atoms with Crippen LogP contribution in [0, 0.1) is 11.6 Å². The number of aromatic nitrogens is 3. The molecule has 0 spiro atoms. The molecule has 0 bridgehead atoms. The molecular formula is C19H16F2N6O. The Labute approximate surface area is 158 Å². The Morgan fingerprint density at radius 1 is 1.07 bits per heavy atom. The Morgan fingerprint density at radius 3 is 2.57 bits per heavy atom. The second-order valence-corrected chi connectivity index (χ2v) is 6.93. The minimum atomic E-state index is -0.507. The summed E-state index contributed by atoms with van der Waals surface area (Å²) in [6.07, 6.45) is 1.46. The SMILES string of the molecule is Cn1ncnc1[C@H]1C2NNC(=O)c3cc(F)cc(c32)N[C@@H]1c1ccc(F)cc1. The third-order valence-corrected chi connectivity index (χ3v) is 5.34. The van der Waals surface area contributed by atoms with Gasteiger partial charge in [-0.1, -0.05) is 12.1 Å². The fourth-order valence-corrected chi connectivity index (χ4v) is 4.13. The van der Waals surface area contributed by atoms with E-state index in [1.807, 2.05) is 0 Å². The van der Waals surface area contributed by atoms with Crippen molar-refractivity contribution in [1.29, 1.82) is 0 Å². The highest BCUT2D eigenvalue weighted by Gasteiger charge is 2.45. The summed E-state index contributed by atoms with van der Waals surface area (Å²) in [7, 11) is 1.78. The molecule has 0 fully saturated rings. The molecule has 1 amide bonds. The Bertz CT molecular complexity index is 1080. The molecule has 1 unspecified atom stereocenters. The van der Waals surface area contributed by atoms with E-state index in [1.54, 1.807) is 23.9 Å². The molecule has 0 aliphatic carbocycles. The zero-order valence-corrected chi connectivity index (χ0v) is 14.8. The third-order valence-electron chi connectivity index (χ3n) is 5.34. The Balaban J connectivity index is 1.73. The molecule has 0 saturated carbocycles. The van der Waals surface area contributed by atoms with E-state index in [9.17, 15) is 13.6 Å². The number of aryl methyl sites for hydroxylation is 1. The second-order valence-electron chi connectivity index (χ2n) is 6.93. The molecule has 3 atom stereocenters. The van der Waals surface area contributed by atoms with Gasteiger partial charge in [0.15, 0.2) is 0 Å². The van der Waals surface area contributed by atoms with Crippen molar-refractivity contribution in [1.82, 2.24) is 25.6 Å². The van der Waals surface area contributed by atoms with Crippen molar-refractivity contribution < 1.29 is 13.6 Å². The topological polar surface area (TPSA) is 83.9 Å². The number of hydrogen-bond donors (Lipinski definition) is 3. The molecule has 3 heterocycles. The number of anilines is 1. The van der Waals surface area contributed by atoms with Crippen LogP contribution in [0.4, 0.5) is 14.5 Å². The van der Waals surface area contributed by atoms with Crippen molar-refractivity contribution in [3.05, 3.63) is 76.9 Å². The fourth-order valence-electron chi connectivity index (χ4n) is 4.13. The standard InChI is InChI=1S/C19H16F2N6O/c1-27-18(22-8-23-27)15-16(9-2-4-10(20)5-3-9)24-13-7-11(21)6-12-14(13)17(15)25-26-19(12)28/h2-8,15-17,24-25H,1H3,(H,26,28)/t15-,16-,17?/m1/s1. The van der Waals surface area contributed by atoms with E-state index in [2.05, 4.69) is 26.3 Å². The molecule has 2 aliphatic heterocycles. The predicted molar refractivity (Wildman–Crippen MR) is 96.3 cm³/mol. The maximum Gasteiger partial charge on any atom is 0.265 e. The largest absolute Gasteiger partial charge is 0.377 e. The van der Waals surface area contributed by atoms with Crippen molar-refractivity contribution in [2.24, 2.45) is 7.05 Å². The third kappa shape index (κ3) is 2.47. The Morgan fingerprint density at radius 2 is 1.86 bits per heavy atom. The number of nitrogens with one attached hydrogen (secondary N) is 3. The number of benzene rings is 2. The lowest BCUT2D eigenvalue weighted by atomic mass is 9.77. The molecule has 2 aliphatic rings. The zero-order valence-electron chi connectivity index (χ0n) is 14.8. The molecule has 3 aromatic rings. The van der Waals surface area contributed by atoms with Gasteiger partial charge in [-0.3, -0.25) is 14.9 Å². The van der Waals surface area contributed by atoms with Crippen LogP contribution in [0.3, 0.4) is 0 Å². The molecule has 7 nitrogen and oxygen atoms in total. The first-order chi connectivity index (χ1) is 13.5. The van der Waals surface area contributed by atoms with Gasteiger partial charge in [-0.25, -0.2) is 19.2 Å². The summed E-state index contributed by atoms with van der Waals surface area (Å²) in [5.41, 5.74) is 7.95. The lowest BCUT2D eigenvalue weighted by Crippen LogP contribution is -2.51. The van der Waals surface area contributed by atoms with Crippen molar-refractivity contribution in [3.63, 3.8) is 0 Å². The number of carbonyl (C=O) groups excluding carboxylic acids is 1. The lowest BCUT2D eigenvalue weighted by molar-refractivity contribution is 0.0897. The van der Waals surface area contributed by atoms with Gasteiger partial charge < -0.3 is 5.32 Å². The molecule has 1 aromatic heterocycles. The molecule has 28 heavy (non-hydrogen) atoms. The summed E-state index contributed by atoms with van der Waals surface area (Å²) in [5, 5.41) is 7.51. The van der Waals surface area contributed by atoms with E-state index in [0.717, 1.165) is 5.56 Å². The molecule has 0 saturated heterocycles. The number of nitrogens with zero attached hydrogens (tertiary/aromatic N) is 3. The van der Waals surface area contributed by atoms with E-state index in [1.165, 1.54) is 30.6 Å². The van der Waals surface area contributed by atoms with Crippen molar-refractivity contribution in [3.8, 4) is 0 Å². The minimum Gasteiger partial charge on any atom is -0.377 e. The van der Waals surface area contributed by atoms with Crippen molar-refractivity contribution >= 4 is 11.6 Å². The smallest absolute Gasteiger partial charge is 0.265 e. The normalized spacial score (nSPS) is 23.0. The van der Waals surface area contributed by atoms with Crippen LogP contribution in [0.1, 0.15) is 45.3 Å². The van der Waals surface area contributed by atoms with E-state index in [0.29, 0.717) is 17.1 Å². The van der Waals surface area contributed by atoms with Gasteiger partial charge >= 0.3 is 0 Å². The van der Waals surface area contributed by atoms with Crippen molar-refractivity contribution in [2.75, 3.05) is 5.32 Å². The van der Waals surface area contributed by atoms with Crippen LogP contribution in [0.25, 0.3) is 0 Å². The van der Waals surface area contributed by atoms with Gasteiger partial charge in [-0.2, -0.15) is 5.10 Å². The first-order valence-electron chi connectivity index (χ1n) is 8.78. The van der Waals surface area contributed by atoms with E-state index in [4.69, 9.17) is 0 Å². The maximum absolute atomic E-state index is 14.2. The van der Waals surface area contributed by atoms with Crippen LogP contribution in [-0.2, 0) is 7.05 Å². The van der Waals surface area contributed by atoms with Gasteiger partial charge in [0.25, 0.3) is 5.91 Å². The maximum atomic E-state index is 14.2. The summed E-state index contributed by atoms with van der Waals surface area (Å²) >= 11 is 0. The minimum absolute atomic E-state index is 0.274. The second kappa shape index (κ2) is 6.10. The first-order valence-corrected chi connectivity index (χ1v) is 8.78. The van der Waals surface area contributed by atoms with Gasteiger partial charge in [0.05, 0.1) is 23.6 Å². The van der Waals surface area contributed by atoms with Crippen LogP contribution in [-0.4, -0.2) is 20.7 Å². The van der Waals surface area contributed by atoms with Gasteiger partial charge in [-0.15, -0.1) is 0 Å². The molecule has 5 rings (SSSR count). The first kappa shape index (κ1) is 16.8. The average molecular weight is 382 g/mol. The quantitative estimate of drug-likeness (QED) is 0.634. The van der Waals surface area contributed by atoms with E-state index < -0.39 is 11.7 Å². The molecule has 3 N–H and O–H groups in total. The van der Waals surface area contributed by atoms with Crippen molar-refractivity contribution in [2.45, 2.75) is 18.0 Å². The number of halogens is 2. The lowest BCUT2D eigenvalue weighted by Gasteiger charge is -2.43. The number of hydrogen-bond acceptors (Lipinski definition) is 5. The average Bonchev–Trinajstić information content (AvgIpc) is 3.10. The van der Waals surface area contributed by atoms with Crippen LogP contribution in [0.5, 0.6) is 0 Å². The number of rotatable bonds is 2. The number of amides is 1. The molecule has 2 aromatic carbocycles. The highest BCUT2D eigenvalue weighted by Crippen LogP contribution is 2.50. The highest BCUT2D eigenvalue weighted by atomic mass is 19.1. The van der Waals surface area contributed by atoms with Crippen LogP contribution in [0.15, 0.2) is 42.7 Å². The van der Waals surface area contributed by atoms with Gasteiger partial charge in [0, 0.05) is 18.3 Å². The monoisotopic (exact) mass is 382 g/mol. The summed E-state index contributed by atoms with van der Waals surface area (Å²) < 4.78 is 29.3. The molecular weight excluding hydrogens is 366 g/mol. The van der Waals surface area contributed by atoms with Gasteiger partial charge in [0.2, 0.25) is 0 Å². The van der Waals surface area contributed by atoms with Gasteiger partial charge in [0.1, 0.15) is 23.8 Å². The molecule has 9 heteroatoms. The summed E-state index contributed by atoms with van der Waals surface area (Å²) in [4.78, 5) is 16.7. The Kier molecular flexibility index (Phi) is 3.66. The fraction of sp³-hybridized carbons (Fsp3) is 0.211. The molecule has 142 valence electrons. The molecule has 0 radical (unpaired) electrons. The number of hydrazine groups is 1. The van der Waals surface area contributed by atoms with Crippen LogP contribution >= 0.6 is 0 Å². The highest BCUT2D eigenvalue weighted by molar-refractivity contribution is 5.98.